The zero-order valence-electron chi connectivity index (χ0n) is 10.4. The van der Waals surface area contributed by atoms with Crippen molar-refractivity contribution in [3.63, 3.8) is 0 Å². The molecule has 1 aromatic carbocycles. The summed E-state index contributed by atoms with van der Waals surface area (Å²) in [5, 5.41) is 0. The lowest BCUT2D eigenvalue weighted by molar-refractivity contribution is 0.103. The van der Waals surface area contributed by atoms with Gasteiger partial charge in [-0.1, -0.05) is 15.9 Å². The number of carbonyl (C=O) groups excluding carboxylic acids is 1. The molecular weight excluding hydrogens is 308 g/mol. The van der Waals surface area contributed by atoms with Crippen molar-refractivity contribution in [2.45, 2.75) is 6.92 Å². The molecule has 0 fully saturated rings. The predicted molar refractivity (Wildman–Crippen MR) is 77.4 cm³/mol. The molecule has 0 aliphatic heterocycles. The zero-order valence-corrected chi connectivity index (χ0v) is 12.0. The maximum Gasteiger partial charge on any atom is 0.194 e. The van der Waals surface area contributed by atoms with Gasteiger partial charge in [0.25, 0.3) is 0 Å². The molecule has 0 bridgehead atoms. The van der Waals surface area contributed by atoms with E-state index in [0.717, 1.165) is 4.47 Å². The molecule has 0 unspecified atom stereocenters. The van der Waals surface area contributed by atoms with Crippen molar-refractivity contribution in [1.29, 1.82) is 0 Å². The lowest BCUT2D eigenvalue weighted by Gasteiger charge is -2.06. The number of nitrogens with two attached hydrogens (primary N) is 1. The van der Waals surface area contributed by atoms with Crippen molar-refractivity contribution >= 4 is 27.4 Å². The zero-order chi connectivity index (χ0) is 13.8. The summed E-state index contributed by atoms with van der Waals surface area (Å²) in [5.74, 6) is 0.443. The number of nitrogen functional groups attached to an aromatic ring is 1. The molecule has 2 aromatic rings. The monoisotopic (exact) mass is 320 g/mol. The highest BCUT2D eigenvalue weighted by Gasteiger charge is 2.12. The van der Waals surface area contributed by atoms with Crippen molar-refractivity contribution in [2.75, 3.05) is 12.3 Å². The van der Waals surface area contributed by atoms with Gasteiger partial charge in [-0.2, -0.15) is 0 Å². The van der Waals surface area contributed by atoms with Crippen molar-refractivity contribution in [1.82, 2.24) is 4.98 Å². The molecule has 0 saturated heterocycles. The topological polar surface area (TPSA) is 65.2 Å². The molecule has 5 heteroatoms. The number of hydrogen-bond acceptors (Lipinski definition) is 4. The summed E-state index contributed by atoms with van der Waals surface area (Å²) >= 11 is 3.32. The first-order valence-electron chi connectivity index (χ1n) is 5.78. The van der Waals surface area contributed by atoms with Gasteiger partial charge in [-0.25, -0.2) is 0 Å². The van der Waals surface area contributed by atoms with E-state index in [-0.39, 0.29) is 5.78 Å². The van der Waals surface area contributed by atoms with Gasteiger partial charge in [-0.3, -0.25) is 9.78 Å². The van der Waals surface area contributed by atoms with E-state index >= 15 is 0 Å². The van der Waals surface area contributed by atoms with E-state index in [2.05, 4.69) is 20.9 Å². The molecule has 0 radical (unpaired) electrons. The molecule has 1 aromatic heterocycles. The van der Waals surface area contributed by atoms with E-state index in [1.807, 2.05) is 6.92 Å². The highest BCUT2D eigenvalue weighted by atomic mass is 79.9. The van der Waals surface area contributed by atoms with Crippen LogP contribution >= 0.6 is 15.9 Å². The number of ketones is 1. The summed E-state index contributed by atoms with van der Waals surface area (Å²) in [6.07, 6.45) is 3.09. The van der Waals surface area contributed by atoms with Crippen LogP contribution in [0.2, 0.25) is 0 Å². The summed E-state index contributed by atoms with van der Waals surface area (Å²) in [5.41, 5.74) is 7.26. The standard InChI is InChI=1S/C14H13BrN2O2/c1-2-19-13-5-10(7-17-8-13)14(18)9-3-11(15)6-12(16)4-9/h3-8H,2,16H2,1H3. The van der Waals surface area contributed by atoms with Crippen LogP contribution in [-0.4, -0.2) is 17.4 Å². The molecule has 0 atom stereocenters. The summed E-state index contributed by atoms with van der Waals surface area (Å²) in [6, 6.07) is 6.79. The Kier molecular flexibility index (Phi) is 4.16. The lowest BCUT2D eigenvalue weighted by Crippen LogP contribution is -2.04. The molecule has 2 rings (SSSR count). The van der Waals surface area contributed by atoms with Crippen LogP contribution in [0, 0.1) is 0 Å². The molecule has 2 N–H and O–H groups in total. The number of rotatable bonds is 4. The van der Waals surface area contributed by atoms with Gasteiger partial charge >= 0.3 is 0 Å². The van der Waals surface area contributed by atoms with Crippen LogP contribution in [0.15, 0.2) is 41.1 Å². The second-order valence-electron chi connectivity index (χ2n) is 3.94. The summed E-state index contributed by atoms with van der Waals surface area (Å²) in [6.45, 7) is 2.41. The summed E-state index contributed by atoms with van der Waals surface area (Å²) in [7, 11) is 0. The third-order valence-electron chi connectivity index (χ3n) is 2.47. The molecule has 4 nitrogen and oxygen atoms in total. The molecular formula is C14H13BrN2O2. The van der Waals surface area contributed by atoms with Crippen LogP contribution in [0.4, 0.5) is 5.69 Å². The largest absolute Gasteiger partial charge is 0.492 e. The van der Waals surface area contributed by atoms with Crippen LogP contribution < -0.4 is 10.5 Å². The smallest absolute Gasteiger partial charge is 0.194 e. The molecule has 0 saturated carbocycles. The second kappa shape index (κ2) is 5.84. The van der Waals surface area contributed by atoms with Gasteiger partial charge in [0, 0.05) is 27.5 Å². The third-order valence-corrected chi connectivity index (χ3v) is 2.93. The van der Waals surface area contributed by atoms with Gasteiger partial charge in [0.15, 0.2) is 5.78 Å². The minimum atomic E-state index is -0.137. The van der Waals surface area contributed by atoms with Crippen LogP contribution in [0.25, 0.3) is 0 Å². The molecule has 0 aliphatic rings. The fourth-order valence-corrected chi connectivity index (χ4v) is 2.21. The highest BCUT2D eigenvalue weighted by molar-refractivity contribution is 9.10. The number of ether oxygens (including phenoxy) is 1. The third kappa shape index (κ3) is 3.32. The molecule has 98 valence electrons. The number of benzene rings is 1. The van der Waals surface area contributed by atoms with Gasteiger partial charge in [0.2, 0.25) is 0 Å². The van der Waals surface area contributed by atoms with Crippen LogP contribution in [0.5, 0.6) is 5.75 Å². The van der Waals surface area contributed by atoms with Gasteiger partial charge in [0.05, 0.1) is 12.8 Å². The quantitative estimate of drug-likeness (QED) is 0.694. The van der Waals surface area contributed by atoms with Gasteiger partial charge < -0.3 is 10.5 Å². The Labute approximate surface area is 119 Å². The fourth-order valence-electron chi connectivity index (χ4n) is 1.70. The first-order chi connectivity index (χ1) is 9.10. The number of carbonyl (C=O) groups is 1. The number of halogens is 1. The number of anilines is 1. The average molecular weight is 321 g/mol. The van der Waals surface area contributed by atoms with Crippen LogP contribution in [0.3, 0.4) is 0 Å². The normalized spacial score (nSPS) is 10.2. The Bertz CT molecular complexity index is 594. The maximum atomic E-state index is 12.3. The SMILES string of the molecule is CCOc1cncc(C(=O)c2cc(N)cc(Br)c2)c1. The van der Waals surface area contributed by atoms with E-state index in [0.29, 0.717) is 29.2 Å². The minimum absolute atomic E-state index is 0.137. The second-order valence-corrected chi connectivity index (χ2v) is 4.86. The van der Waals surface area contributed by atoms with Crippen molar-refractivity contribution < 1.29 is 9.53 Å². The first-order valence-corrected chi connectivity index (χ1v) is 6.58. The van der Waals surface area contributed by atoms with Crippen LogP contribution in [0.1, 0.15) is 22.8 Å². The number of nitrogens with zero attached hydrogens (tertiary/aromatic N) is 1. The summed E-state index contributed by atoms with van der Waals surface area (Å²) in [4.78, 5) is 16.3. The number of pyridine rings is 1. The Morgan fingerprint density at radius 2 is 2.05 bits per heavy atom. The van der Waals surface area contributed by atoms with E-state index in [1.165, 1.54) is 6.20 Å². The number of hydrogen-bond donors (Lipinski definition) is 1. The Morgan fingerprint density at radius 1 is 1.26 bits per heavy atom. The van der Waals surface area contributed by atoms with Crippen molar-refractivity contribution in [3.8, 4) is 5.75 Å². The Balaban J connectivity index is 2.35. The van der Waals surface area contributed by atoms with Gasteiger partial charge in [0.1, 0.15) is 5.75 Å². The maximum absolute atomic E-state index is 12.3. The summed E-state index contributed by atoms with van der Waals surface area (Å²) < 4.78 is 6.10. The van der Waals surface area contributed by atoms with E-state index in [1.54, 1.807) is 30.5 Å². The van der Waals surface area contributed by atoms with Crippen molar-refractivity contribution in [3.05, 3.63) is 52.3 Å². The van der Waals surface area contributed by atoms with Crippen LogP contribution in [-0.2, 0) is 0 Å². The molecule has 0 amide bonds. The van der Waals surface area contributed by atoms with E-state index in [4.69, 9.17) is 10.5 Å². The molecule has 0 aliphatic carbocycles. The van der Waals surface area contributed by atoms with Gasteiger partial charge in [-0.15, -0.1) is 0 Å². The molecule has 0 spiro atoms. The average Bonchev–Trinajstić information content (AvgIpc) is 2.37. The first kappa shape index (κ1) is 13.5. The Hall–Kier alpha value is -1.88. The predicted octanol–water partition coefficient (Wildman–Crippen LogP) is 3.06. The minimum Gasteiger partial charge on any atom is -0.492 e. The fraction of sp³-hybridized carbons (Fsp3) is 0.143. The highest BCUT2D eigenvalue weighted by Crippen LogP contribution is 2.21. The Morgan fingerprint density at radius 3 is 2.74 bits per heavy atom. The van der Waals surface area contributed by atoms with E-state index in [9.17, 15) is 4.79 Å². The molecule has 19 heavy (non-hydrogen) atoms. The lowest BCUT2D eigenvalue weighted by atomic mass is 10.0. The van der Waals surface area contributed by atoms with Gasteiger partial charge in [-0.05, 0) is 31.2 Å². The molecule has 1 heterocycles. The van der Waals surface area contributed by atoms with E-state index < -0.39 is 0 Å². The van der Waals surface area contributed by atoms with Crippen molar-refractivity contribution in [2.24, 2.45) is 0 Å². The number of aromatic nitrogens is 1.